The number of nitrogens with zero attached hydrogens (tertiary/aromatic N) is 1. The van der Waals surface area contributed by atoms with Crippen LogP contribution in [-0.4, -0.2) is 27.4 Å². The van der Waals surface area contributed by atoms with Gasteiger partial charge >= 0.3 is 5.97 Å². The van der Waals surface area contributed by atoms with Gasteiger partial charge < -0.3 is 10.4 Å². The Bertz CT molecular complexity index is 575. The van der Waals surface area contributed by atoms with E-state index in [2.05, 4.69) is 21.2 Å². The molecule has 0 radical (unpaired) electrons. The number of carbonyl (C=O) groups is 2. The van der Waals surface area contributed by atoms with Gasteiger partial charge in [-0.2, -0.15) is 0 Å². The fourth-order valence-electron chi connectivity index (χ4n) is 1.43. The van der Waals surface area contributed by atoms with Crippen molar-refractivity contribution in [3.05, 3.63) is 38.3 Å². The van der Waals surface area contributed by atoms with Crippen molar-refractivity contribution in [3.63, 3.8) is 0 Å². The molecule has 1 aromatic rings. The molecule has 0 aliphatic rings. The number of nitro benzene ring substituents is 1. The van der Waals surface area contributed by atoms with E-state index >= 15 is 0 Å². The summed E-state index contributed by atoms with van der Waals surface area (Å²) >= 11 is 3.07. The molecule has 0 bridgehead atoms. The van der Waals surface area contributed by atoms with Crippen LogP contribution in [0.4, 0.5) is 5.69 Å². The molecule has 1 aromatic carbocycles. The highest BCUT2D eigenvalue weighted by molar-refractivity contribution is 9.10. The lowest BCUT2D eigenvalue weighted by atomic mass is 9.98. The maximum absolute atomic E-state index is 12.0. The third-order valence-electron chi connectivity index (χ3n) is 2.92. The van der Waals surface area contributed by atoms with E-state index in [1.807, 2.05) is 0 Å². The monoisotopic (exact) mass is 344 g/mol. The molecular formula is C12H13BrN2O5. The molecule has 1 rings (SSSR count). The van der Waals surface area contributed by atoms with E-state index < -0.39 is 22.3 Å². The van der Waals surface area contributed by atoms with Crippen molar-refractivity contribution < 1.29 is 19.6 Å². The van der Waals surface area contributed by atoms with E-state index in [-0.39, 0.29) is 17.7 Å². The van der Waals surface area contributed by atoms with Crippen LogP contribution in [0.1, 0.15) is 30.6 Å². The van der Waals surface area contributed by atoms with Gasteiger partial charge in [0, 0.05) is 22.2 Å². The summed E-state index contributed by atoms with van der Waals surface area (Å²) < 4.78 is 0.366. The zero-order valence-electron chi connectivity index (χ0n) is 10.8. The highest BCUT2D eigenvalue weighted by atomic mass is 79.9. The quantitative estimate of drug-likeness (QED) is 0.629. The zero-order valence-corrected chi connectivity index (χ0v) is 12.4. The minimum atomic E-state index is -1.42. The normalized spacial score (nSPS) is 13.3. The minimum Gasteiger partial charge on any atom is -0.480 e. The zero-order chi connectivity index (χ0) is 15.5. The first-order valence-electron chi connectivity index (χ1n) is 5.70. The lowest BCUT2D eigenvalue weighted by Gasteiger charge is -2.24. The van der Waals surface area contributed by atoms with Crippen LogP contribution in [0.3, 0.4) is 0 Å². The molecule has 1 amide bonds. The molecule has 0 heterocycles. The fourth-order valence-corrected chi connectivity index (χ4v) is 1.91. The van der Waals surface area contributed by atoms with Gasteiger partial charge in [-0.1, -0.05) is 22.9 Å². The minimum absolute atomic E-state index is 0.0204. The van der Waals surface area contributed by atoms with Crippen LogP contribution in [0.2, 0.25) is 0 Å². The summed E-state index contributed by atoms with van der Waals surface area (Å²) in [5, 5.41) is 22.2. The first-order chi connectivity index (χ1) is 9.19. The fraction of sp³-hybridized carbons (Fsp3) is 0.333. The molecule has 2 N–H and O–H groups in total. The molecule has 0 saturated carbocycles. The molecular weight excluding hydrogens is 332 g/mol. The number of carbonyl (C=O) groups excluding carboxylic acids is 1. The second-order valence-corrected chi connectivity index (χ2v) is 5.32. The molecule has 1 atom stereocenters. The predicted octanol–water partition coefficient (Wildman–Crippen LogP) is 2.34. The summed E-state index contributed by atoms with van der Waals surface area (Å²) in [6, 6.07) is 3.74. The van der Waals surface area contributed by atoms with E-state index in [1.54, 1.807) is 6.92 Å². The Labute approximate surface area is 123 Å². The SMILES string of the molecule is CCC(C)(NC(=O)c1cc(Br)cc([N+](=O)[O-])c1)C(=O)O. The maximum Gasteiger partial charge on any atom is 0.329 e. The van der Waals surface area contributed by atoms with Gasteiger partial charge in [-0.15, -0.1) is 0 Å². The van der Waals surface area contributed by atoms with Crippen molar-refractivity contribution in [1.29, 1.82) is 0 Å². The molecule has 1 unspecified atom stereocenters. The molecule has 0 aliphatic carbocycles. The molecule has 0 aromatic heterocycles. The Morgan fingerprint density at radius 3 is 2.50 bits per heavy atom. The highest BCUT2D eigenvalue weighted by Crippen LogP contribution is 2.22. The standard InChI is InChI=1S/C12H13BrN2O5/c1-3-12(2,11(17)18)14-10(16)7-4-8(13)6-9(5-7)15(19)20/h4-6H,3H2,1-2H3,(H,14,16)(H,17,18). The molecule has 0 saturated heterocycles. The van der Waals surface area contributed by atoms with Gasteiger partial charge in [-0.25, -0.2) is 4.79 Å². The number of amides is 1. The molecule has 108 valence electrons. The highest BCUT2D eigenvalue weighted by Gasteiger charge is 2.33. The summed E-state index contributed by atoms with van der Waals surface area (Å²) in [5.74, 6) is -1.85. The van der Waals surface area contributed by atoms with Crippen molar-refractivity contribution in [2.75, 3.05) is 0 Å². The predicted molar refractivity (Wildman–Crippen MR) is 74.6 cm³/mol. The summed E-state index contributed by atoms with van der Waals surface area (Å²) in [6.07, 6.45) is 0.185. The molecule has 20 heavy (non-hydrogen) atoms. The van der Waals surface area contributed by atoms with Crippen LogP contribution in [0.15, 0.2) is 22.7 Å². The Morgan fingerprint density at radius 1 is 1.45 bits per heavy atom. The number of hydrogen-bond acceptors (Lipinski definition) is 4. The van der Waals surface area contributed by atoms with E-state index in [4.69, 9.17) is 5.11 Å². The number of nitrogens with one attached hydrogen (secondary N) is 1. The average Bonchev–Trinajstić information content (AvgIpc) is 2.37. The third kappa shape index (κ3) is 3.53. The number of carboxylic acids is 1. The van der Waals surface area contributed by atoms with E-state index in [0.29, 0.717) is 4.47 Å². The lowest BCUT2D eigenvalue weighted by molar-refractivity contribution is -0.385. The van der Waals surface area contributed by atoms with Crippen molar-refractivity contribution in [3.8, 4) is 0 Å². The van der Waals surface area contributed by atoms with E-state index in [0.717, 1.165) is 6.07 Å². The first-order valence-corrected chi connectivity index (χ1v) is 6.50. The van der Waals surface area contributed by atoms with Crippen LogP contribution >= 0.6 is 15.9 Å². The van der Waals surface area contributed by atoms with Crippen molar-refractivity contribution in [2.24, 2.45) is 0 Å². The number of aliphatic carboxylic acids is 1. The van der Waals surface area contributed by atoms with Gasteiger partial charge in [-0.05, 0) is 19.4 Å². The van der Waals surface area contributed by atoms with Crippen molar-refractivity contribution in [2.45, 2.75) is 25.8 Å². The van der Waals surface area contributed by atoms with E-state index in [9.17, 15) is 19.7 Å². The Morgan fingerprint density at radius 2 is 2.05 bits per heavy atom. The average molecular weight is 345 g/mol. The van der Waals surface area contributed by atoms with Crippen molar-refractivity contribution in [1.82, 2.24) is 5.32 Å². The smallest absolute Gasteiger partial charge is 0.329 e. The number of rotatable bonds is 5. The van der Waals surface area contributed by atoms with Crippen LogP contribution in [0.5, 0.6) is 0 Å². The van der Waals surface area contributed by atoms with E-state index in [1.165, 1.54) is 19.1 Å². The van der Waals surface area contributed by atoms with Crippen molar-refractivity contribution >= 4 is 33.5 Å². The lowest BCUT2D eigenvalue weighted by Crippen LogP contribution is -2.51. The van der Waals surface area contributed by atoms with Gasteiger partial charge in [0.2, 0.25) is 0 Å². The summed E-state index contributed by atoms with van der Waals surface area (Å²) in [6.45, 7) is 3.00. The van der Waals surface area contributed by atoms with Crippen LogP contribution in [0, 0.1) is 10.1 Å². The Hall–Kier alpha value is -1.96. The van der Waals surface area contributed by atoms with Gasteiger partial charge in [0.15, 0.2) is 0 Å². The van der Waals surface area contributed by atoms with Gasteiger partial charge in [-0.3, -0.25) is 14.9 Å². The first kappa shape index (κ1) is 16.1. The molecule has 8 heteroatoms. The maximum atomic E-state index is 12.0. The van der Waals surface area contributed by atoms with Crippen LogP contribution < -0.4 is 5.32 Å². The summed E-state index contributed by atoms with van der Waals surface area (Å²) in [4.78, 5) is 33.3. The number of carboxylic acid groups (broad SMARTS) is 1. The van der Waals surface area contributed by atoms with Gasteiger partial charge in [0.25, 0.3) is 11.6 Å². The van der Waals surface area contributed by atoms with Gasteiger partial charge in [0.1, 0.15) is 5.54 Å². The summed E-state index contributed by atoms with van der Waals surface area (Å²) in [5.41, 5.74) is -1.65. The number of hydrogen-bond donors (Lipinski definition) is 2. The number of benzene rings is 1. The molecule has 0 aliphatic heterocycles. The van der Waals surface area contributed by atoms with Crippen LogP contribution in [-0.2, 0) is 4.79 Å². The van der Waals surface area contributed by atoms with Crippen LogP contribution in [0.25, 0.3) is 0 Å². The third-order valence-corrected chi connectivity index (χ3v) is 3.38. The topological polar surface area (TPSA) is 110 Å². The molecule has 0 fully saturated rings. The second kappa shape index (κ2) is 6.00. The Kier molecular flexibility index (Phi) is 4.83. The number of nitro groups is 1. The second-order valence-electron chi connectivity index (χ2n) is 4.40. The Balaban J connectivity index is 3.10. The van der Waals surface area contributed by atoms with Gasteiger partial charge in [0.05, 0.1) is 4.92 Å². The molecule has 0 spiro atoms. The largest absolute Gasteiger partial charge is 0.480 e. The number of halogens is 1. The summed E-state index contributed by atoms with van der Waals surface area (Å²) in [7, 11) is 0. The number of non-ortho nitro benzene ring substituents is 1. The molecule has 7 nitrogen and oxygen atoms in total.